The van der Waals surface area contributed by atoms with Gasteiger partial charge in [-0.25, -0.2) is 4.79 Å². The summed E-state index contributed by atoms with van der Waals surface area (Å²) in [6.45, 7) is 0. The Morgan fingerprint density at radius 2 is 2.17 bits per heavy atom. The standard InChI is InChI=1S/C13H9NO4/c1-16-11-4-2-3-8-7-9(10-5-6-14-18-10)13(15)17-12(8)11/h2-7H,1H3. The number of benzene rings is 1. The van der Waals surface area contributed by atoms with Crippen molar-refractivity contribution in [3.8, 4) is 17.1 Å². The van der Waals surface area contributed by atoms with E-state index in [1.54, 1.807) is 18.2 Å². The van der Waals surface area contributed by atoms with E-state index >= 15 is 0 Å². The van der Waals surface area contributed by atoms with Crippen molar-refractivity contribution in [2.75, 3.05) is 7.11 Å². The van der Waals surface area contributed by atoms with Gasteiger partial charge in [-0.3, -0.25) is 0 Å². The second kappa shape index (κ2) is 4.03. The lowest BCUT2D eigenvalue weighted by Crippen LogP contribution is -2.02. The molecule has 0 saturated carbocycles. The summed E-state index contributed by atoms with van der Waals surface area (Å²) in [6.07, 6.45) is 1.48. The van der Waals surface area contributed by atoms with Gasteiger partial charge in [-0.05, 0) is 12.1 Å². The van der Waals surface area contributed by atoms with Crippen molar-refractivity contribution in [1.29, 1.82) is 0 Å². The normalized spacial score (nSPS) is 10.7. The van der Waals surface area contributed by atoms with Crippen LogP contribution in [0.5, 0.6) is 5.75 Å². The van der Waals surface area contributed by atoms with Crippen LogP contribution >= 0.6 is 0 Å². The SMILES string of the molecule is COc1cccc2cc(-c3ccno3)c(=O)oc12. The predicted molar refractivity (Wildman–Crippen MR) is 64.5 cm³/mol. The molecule has 90 valence electrons. The van der Waals surface area contributed by atoms with Crippen LogP contribution in [0.1, 0.15) is 0 Å². The fraction of sp³-hybridized carbons (Fsp3) is 0.0769. The fourth-order valence-corrected chi connectivity index (χ4v) is 1.80. The molecule has 18 heavy (non-hydrogen) atoms. The number of hydrogen-bond donors (Lipinski definition) is 0. The maximum absolute atomic E-state index is 11.9. The molecule has 0 N–H and O–H groups in total. The van der Waals surface area contributed by atoms with Crippen LogP contribution in [0.15, 0.2) is 50.3 Å². The quantitative estimate of drug-likeness (QED) is 0.647. The first-order valence-corrected chi connectivity index (χ1v) is 5.31. The molecular formula is C13H9NO4. The average molecular weight is 243 g/mol. The lowest BCUT2D eigenvalue weighted by molar-refractivity contribution is 0.405. The van der Waals surface area contributed by atoms with E-state index in [1.165, 1.54) is 13.3 Å². The number of para-hydroxylation sites is 1. The number of methoxy groups -OCH3 is 1. The molecule has 0 unspecified atom stereocenters. The molecule has 0 aliphatic rings. The van der Waals surface area contributed by atoms with Gasteiger partial charge in [0.2, 0.25) is 0 Å². The van der Waals surface area contributed by atoms with E-state index in [0.717, 1.165) is 5.39 Å². The molecule has 0 amide bonds. The minimum absolute atomic E-state index is 0.341. The van der Waals surface area contributed by atoms with Crippen molar-refractivity contribution in [2.45, 2.75) is 0 Å². The Morgan fingerprint density at radius 1 is 1.28 bits per heavy atom. The van der Waals surface area contributed by atoms with Crippen molar-refractivity contribution in [1.82, 2.24) is 5.16 Å². The Kier molecular flexibility index (Phi) is 2.37. The zero-order chi connectivity index (χ0) is 12.5. The van der Waals surface area contributed by atoms with Crippen LogP contribution in [0.2, 0.25) is 0 Å². The Morgan fingerprint density at radius 3 is 2.89 bits per heavy atom. The van der Waals surface area contributed by atoms with Crippen LogP contribution in [0.3, 0.4) is 0 Å². The highest BCUT2D eigenvalue weighted by Gasteiger charge is 2.12. The smallest absolute Gasteiger partial charge is 0.347 e. The van der Waals surface area contributed by atoms with E-state index in [2.05, 4.69) is 5.16 Å². The van der Waals surface area contributed by atoms with Gasteiger partial charge in [0.05, 0.1) is 13.3 Å². The highest BCUT2D eigenvalue weighted by Crippen LogP contribution is 2.27. The van der Waals surface area contributed by atoms with Gasteiger partial charge >= 0.3 is 5.63 Å². The Bertz CT molecular complexity index is 743. The highest BCUT2D eigenvalue weighted by molar-refractivity contribution is 5.85. The summed E-state index contributed by atoms with van der Waals surface area (Å²) in [5.41, 5.74) is 0.283. The van der Waals surface area contributed by atoms with Crippen molar-refractivity contribution >= 4 is 11.0 Å². The molecule has 3 aromatic rings. The minimum Gasteiger partial charge on any atom is -0.493 e. The maximum atomic E-state index is 11.9. The minimum atomic E-state index is -0.483. The molecule has 0 atom stereocenters. The first-order valence-electron chi connectivity index (χ1n) is 5.31. The first kappa shape index (κ1) is 10.6. The summed E-state index contributed by atoms with van der Waals surface area (Å²) in [4.78, 5) is 11.9. The average Bonchev–Trinajstić information content (AvgIpc) is 2.91. The number of rotatable bonds is 2. The fourth-order valence-electron chi connectivity index (χ4n) is 1.80. The Hall–Kier alpha value is -2.56. The summed E-state index contributed by atoms with van der Waals surface area (Å²) < 4.78 is 15.4. The third-order valence-electron chi connectivity index (χ3n) is 2.65. The van der Waals surface area contributed by atoms with Crippen LogP contribution < -0.4 is 10.4 Å². The molecule has 5 nitrogen and oxygen atoms in total. The van der Waals surface area contributed by atoms with Crippen molar-refractivity contribution in [2.24, 2.45) is 0 Å². The molecule has 2 heterocycles. The third-order valence-corrected chi connectivity index (χ3v) is 2.65. The molecule has 5 heteroatoms. The van der Waals surface area contributed by atoms with Crippen LogP contribution in [0.4, 0.5) is 0 Å². The summed E-state index contributed by atoms with van der Waals surface area (Å²) in [5.74, 6) is 0.905. The van der Waals surface area contributed by atoms with Crippen molar-refractivity contribution < 1.29 is 13.7 Å². The van der Waals surface area contributed by atoms with Crippen molar-refractivity contribution in [3.63, 3.8) is 0 Å². The Labute approximate surface area is 102 Å². The number of ether oxygens (including phenoxy) is 1. The predicted octanol–water partition coefficient (Wildman–Crippen LogP) is 2.46. The third kappa shape index (κ3) is 1.57. The van der Waals surface area contributed by atoms with E-state index in [-0.39, 0.29) is 0 Å². The van der Waals surface area contributed by atoms with Gasteiger partial charge in [-0.1, -0.05) is 17.3 Å². The van der Waals surface area contributed by atoms with E-state index in [1.807, 2.05) is 12.1 Å². The monoisotopic (exact) mass is 243 g/mol. The molecule has 0 fully saturated rings. The lowest BCUT2D eigenvalue weighted by Gasteiger charge is -2.04. The zero-order valence-electron chi connectivity index (χ0n) is 9.54. The number of hydrogen-bond acceptors (Lipinski definition) is 5. The summed E-state index contributed by atoms with van der Waals surface area (Å²) in [7, 11) is 1.53. The molecule has 0 aliphatic carbocycles. The highest BCUT2D eigenvalue weighted by atomic mass is 16.5. The molecule has 3 rings (SSSR count). The molecule has 0 spiro atoms. The van der Waals surface area contributed by atoms with Gasteiger partial charge in [-0.15, -0.1) is 0 Å². The van der Waals surface area contributed by atoms with E-state index < -0.39 is 5.63 Å². The summed E-state index contributed by atoms with van der Waals surface area (Å²) >= 11 is 0. The molecule has 0 radical (unpaired) electrons. The Balaban J connectivity index is 2.32. The number of fused-ring (bicyclic) bond motifs is 1. The first-order chi connectivity index (χ1) is 8.79. The van der Waals surface area contributed by atoms with Gasteiger partial charge in [0.15, 0.2) is 17.1 Å². The van der Waals surface area contributed by atoms with Crippen molar-refractivity contribution in [3.05, 3.63) is 46.9 Å². The van der Waals surface area contributed by atoms with Gasteiger partial charge in [0.1, 0.15) is 5.56 Å². The molecule has 0 aliphatic heterocycles. The second-order valence-electron chi connectivity index (χ2n) is 3.70. The van der Waals surface area contributed by atoms with Gasteiger partial charge in [0.25, 0.3) is 0 Å². The number of aromatic nitrogens is 1. The van der Waals surface area contributed by atoms with E-state index in [4.69, 9.17) is 13.7 Å². The zero-order valence-corrected chi connectivity index (χ0v) is 9.54. The topological polar surface area (TPSA) is 65.5 Å². The molecule has 2 aromatic heterocycles. The van der Waals surface area contributed by atoms with Gasteiger partial charge in [0, 0.05) is 11.5 Å². The summed E-state index contributed by atoms with van der Waals surface area (Å²) in [5, 5.41) is 4.34. The summed E-state index contributed by atoms with van der Waals surface area (Å²) in [6, 6.07) is 8.70. The van der Waals surface area contributed by atoms with Crippen LogP contribution in [0.25, 0.3) is 22.3 Å². The van der Waals surface area contributed by atoms with Crippen LogP contribution in [0, 0.1) is 0 Å². The van der Waals surface area contributed by atoms with E-state index in [9.17, 15) is 4.79 Å². The second-order valence-corrected chi connectivity index (χ2v) is 3.70. The molecule has 0 bridgehead atoms. The maximum Gasteiger partial charge on any atom is 0.347 e. The van der Waals surface area contributed by atoms with E-state index in [0.29, 0.717) is 22.7 Å². The molecule has 0 saturated heterocycles. The van der Waals surface area contributed by atoms with Crippen LogP contribution in [-0.2, 0) is 0 Å². The van der Waals surface area contributed by atoms with Gasteiger partial charge in [-0.2, -0.15) is 0 Å². The molecular weight excluding hydrogens is 234 g/mol. The number of nitrogens with zero attached hydrogens (tertiary/aromatic N) is 1. The van der Waals surface area contributed by atoms with Gasteiger partial charge < -0.3 is 13.7 Å². The molecule has 1 aromatic carbocycles. The largest absolute Gasteiger partial charge is 0.493 e. The lowest BCUT2D eigenvalue weighted by atomic mass is 10.1. The van der Waals surface area contributed by atoms with Crippen LogP contribution in [-0.4, -0.2) is 12.3 Å².